The van der Waals surface area contributed by atoms with Crippen molar-refractivity contribution < 1.29 is 14.0 Å². The van der Waals surface area contributed by atoms with Crippen LogP contribution in [0.1, 0.15) is 6.92 Å². The molecular weight excluding hydrogens is 139 g/mol. The molecular formula is C5H5FN2O2. The molecule has 0 saturated heterocycles. The van der Waals surface area contributed by atoms with Gasteiger partial charge in [-0.2, -0.15) is 4.99 Å². The third-order valence-corrected chi connectivity index (χ3v) is 1.03. The van der Waals surface area contributed by atoms with Gasteiger partial charge in [0.25, 0.3) is 18.0 Å². The fourth-order valence-electron chi connectivity index (χ4n) is 0.604. The molecule has 0 bridgehead atoms. The number of amides is 2. The lowest BCUT2D eigenvalue weighted by Gasteiger charge is -2.10. The van der Waals surface area contributed by atoms with Gasteiger partial charge in [-0.15, -0.1) is 0 Å². The zero-order valence-corrected chi connectivity index (χ0v) is 5.22. The quantitative estimate of drug-likeness (QED) is 0.461. The molecule has 1 rings (SSSR count). The number of amidine groups is 1. The second-order valence-electron chi connectivity index (χ2n) is 1.89. The number of hydrogen-bond donors (Lipinski definition) is 1. The number of alkyl halides is 1. The molecule has 0 aliphatic carbocycles. The lowest BCUT2D eigenvalue weighted by Crippen LogP contribution is -2.44. The first-order valence-corrected chi connectivity index (χ1v) is 2.65. The van der Waals surface area contributed by atoms with Crippen LogP contribution in [0.5, 0.6) is 0 Å². The Morgan fingerprint density at radius 2 is 2.20 bits per heavy atom. The molecule has 0 fully saturated rings. The molecule has 5 heteroatoms. The van der Waals surface area contributed by atoms with Crippen molar-refractivity contribution >= 4 is 17.6 Å². The maximum Gasteiger partial charge on any atom is 0.291 e. The van der Waals surface area contributed by atoms with Crippen LogP contribution in [0.2, 0.25) is 0 Å². The van der Waals surface area contributed by atoms with E-state index in [0.717, 1.165) is 0 Å². The van der Waals surface area contributed by atoms with Crippen LogP contribution in [-0.2, 0) is 9.59 Å². The van der Waals surface area contributed by atoms with Crippen molar-refractivity contribution in [3.63, 3.8) is 0 Å². The molecule has 10 heavy (non-hydrogen) atoms. The van der Waals surface area contributed by atoms with E-state index in [2.05, 4.69) is 10.3 Å². The second-order valence-corrected chi connectivity index (χ2v) is 1.89. The van der Waals surface area contributed by atoms with Crippen LogP contribution in [0.25, 0.3) is 0 Å². The van der Waals surface area contributed by atoms with Gasteiger partial charge in [-0.3, -0.25) is 9.59 Å². The molecule has 0 radical (unpaired) electrons. The van der Waals surface area contributed by atoms with Gasteiger partial charge in [0.15, 0.2) is 0 Å². The van der Waals surface area contributed by atoms with E-state index < -0.39 is 18.0 Å². The predicted octanol–water partition coefficient (Wildman–Crippen LogP) is -0.601. The van der Waals surface area contributed by atoms with Gasteiger partial charge in [-0.05, 0) is 6.92 Å². The summed E-state index contributed by atoms with van der Waals surface area (Å²) in [4.78, 5) is 24.0. The number of nitrogens with one attached hydrogen (secondary N) is 1. The van der Waals surface area contributed by atoms with Gasteiger partial charge in [0, 0.05) is 0 Å². The standard InChI is InChI=1S/C5H5FN2O2/c1-2-7-4(9)3(6)5(10)8-2/h3H,1H3,(H,7,8,9,10). The highest BCUT2D eigenvalue weighted by Gasteiger charge is 2.29. The van der Waals surface area contributed by atoms with Gasteiger partial charge in [0.2, 0.25) is 0 Å². The minimum absolute atomic E-state index is 0.143. The van der Waals surface area contributed by atoms with E-state index in [1.165, 1.54) is 6.92 Å². The number of carbonyl (C=O) groups excluding carboxylic acids is 2. The highest BCUT2D eigenvalue weighted by Crippen LogP contribution is 1.99. The number of carbonyl (C=O) groups is 2. The van der Waals surface area contributed by atoms with Crippen molar-refractivity contribution in [2.75, 3.05) is 0 Å². The van der Waals surface area contributed by atoms with E-state index >= 15 is 0 Å². The lowest BCUT2D eigenvalue weighted by atomic mass is 10.3. The van der Waals surface area contributed by atoms with E-state index in [9.17, 15) is 14.0 Å². The fourth-order valence-corrected chi connectivity index (χ4v) is 0.604. The Bertz CT molecular complexity index is 224. The highest BCUT2D eigenvalue weighted by molar-refractivity contribution is 6.17. The number of hydrogen-bond acceptors (Lipinski definition) is 2. The SMILES string of the molecule is CC1=NC(=O)C(F)C(=O)N1. The summed E-state index contributed by atoms with van der Waals surface area (Å²) < 4.78 is 12.3. The van der Waals surface area contributed by atoms with Gasteiger partial charge in [0.1, 0.15) is 5.84 Å². The molecule has 2 amide bonds. The molecule has 54 valence electrons. The largest absolute Gasteiger partial charge is 0.311 e. The summed E-state index contributed by atoms with van der Waals surface area (Å²) in [5.41, 5.74) is 0. The summed E-state index contributed by atoms with van der Waals surface area (Å²) in [6.45, 7) is 1.42. The van der Waals surface area contributed by atoms with Crippen molar-refractivity contribution in [3.8, 4) is 0 Å². The number of aliphatic imine (C=N–C) groups is 1. The molecule has 0 spiro atoms. The van der Waals surface area contributed by atoms with E-state index in [1.807, 2.05) is 0 Å². The summed E-state index contributed by atoms with van der Waals surface area (Å²) in [6.07, 6.45) is -2.12. The molecule has 1 N–H and O–H groups in total. The van der Waals surface area contributed by atoms with E-state index in [1.54, 1.807) is 0 Å². The van der Waals surface area contributed by atoms with Crippen molar-refractivity contribution in [2.45, 2.75) is 13.1 Å². The summed E-state index contributed by atoms with van der Waals surface area (Å²) in [6, 6.07) is 0. The average Bonchev–Trinajstić information content (AvgIpc) is 1.82. The van der Waals surface area contributed by atoms with E-state index in [0.29, 0.717) is 0 Å². The van der Waals surface area contributed by atoms with Gasteiger partial charge >= 0.3 is 0 Å². The van der Waals surface area contributed by atoms with Crippen LogP contribution < -0.4 is 5.32 Å². The van der Waals surface area contributed by atoms with Gasteiger partial charge in [-0.1, -0.05) is 0 Å². The first-order chi connectivity index (χ1) is 4.61. The van der Waals surface area contributed by atoms with Gasteiger partial charge in [0.05, 0.1) is 0 Å². The number of nitrogens with zero attached hydrogens (tertiary/aromatic N) is 1. The summed E-state index contributed by atoms with van der Waals surface area (Å²) in [7, 11) is 0. The zero-order valence-electron chi connectivity index (χ0n) is 5.22. The van der Waals surface area contributed by atoms with Gasteiger partial charge < -0.3 is 5.32 Å². The Balaban J connectivity index is 2.89. The minimum atomic E-state index is -2.12. The fraction of sp³-hybridized carbons (Fsp3) is 0.400. The molecule has 1 aliphatic rings. The van der Waals surface area contributed by atoms with Crippen molar-refractivity contribution in [1.29, 1.82) is 0 Å². The molecule has 0 aromatic carbocycles. The normalized spacial score (nSPS) is 25.8. The highest BCUT2D eigenvalue weighted by atomic mass is 19.1. The van der Waals surface area contributed by atoms with Crippen LogP contribution in [0, 0.1) is 0 Å². The summed E-state index contributed by atoms with van der Waals surface area (Å²) in [5.74, 6) is -1.82. The number of rotatable bonds is 0. The van der Waals surface area contributed by atoms with E-state index in [4.69, 9.17) is 0 Å². The average molecular weight is 144 g/mol. The Hall–Kier alpha value is -1.26. The van der Waals surface area contributed by atoms with Crippen LogP contribution >= 0.6 is 0 Å². The topological polar surface area (TPSA) is 58.5 Å². The summed E-state index contributed by atoms with van der Waals surface area (Å²) in [5, 5.41) is 2.07. The molecule has 4 nitrogen and oxygen atoms in total. The first kappa shape index (κ1) is 6.85. The lowest BCUT2D eigenvalue weighted by molar-refractivity contribution is -0.134. The maximum atomic E-state index is 12.3. The molecule has 0 saturated carbocycles. The minimum Gasteiger partial charge on any atom is -0.311 e. The number of halogens is 1. The van der Waals surface area contributed by atoms with Crippen LogP contribution in [-0.4, -0.2) is 23.8 Å². The zero-order chi connectivity index (χ0) is 7.72. The van der Waals surface area contributed by atoms with E-state index in [-0.39, 0.29) is 5.84 Å². The van der Waals surface area contributed by atoms with Gasteiger partial charge in [-0.25, -0.2) is 4.39 Å². The van der Waals surface area contributed by atoms with Crippen LogP contribution in [0.4, 0.5) is 4.39 Å². The monoisotopic (exact) mass is 144 g/mol. The maximum absolute atomic E-state index is 12.3. The molecule has 1 heterocycles. The second kappa shape index (κ2) is 2.17. The molecule has 0 aromatic heterocycles. The van der Waals surface area contributed by atoms with Crippen molar-refractivity contribution in [1.82, 2.24) is 5.32 Å². The Kier molecular flexibility index (Phi) is 1.48. The third kappa shape index (κ3) is 1.02. The van der Waals surface area contributed by atoms with Crippen LogP contribution in [0.15, 0.2) is 4.99 Å². The van der Waals surface area contributed by atoms with Crippen molar-refractivity contribution in [2.24, 2.45) is 4.99 Å². The molecule has 1 atom stereocenters. The molecule has 1 unspecified atom stereocenters. The van der Waals surface area contributed by atoms with Crippen molar-refractivity contribution in [3.05, 3.63) is 0 Å². The molecule has 1 aliphatic heterocycles. The molecule has 0 aromatic rings. The van der Waals surface area contributed by atoms with Crippen LogP contribution in [0.3, 0.4) is 0 Å². The summed E-state index contributed by atoms with van der Waals surface area (Å²) >= 11 is 0. The Morgan fingerprint density at radius 3 is 2.70 bits per heavy atom. The Labute approximate surface area is 56.1 Å². The predicted molar refractivity (Wildman–Crippen MR) is 31.2 cm³/mol. The Morgan fingerprint density at radius 1 is 1.60 bits per heavy atom. The smallest absolute Gasteiger partial charge is 0.291 e. The third-order valence-electron chi connectivity index (χ3n) is 1.03. The first-order valence-electron chi connectivity index (χ1n) is 2.65.